The van der Waals surface area contributed by atoms with Gasteiger partial charge in [0.25, 0.3) is 0 Å². The Morgan fingerprint density at radius 3 is 2.93 bits per heavy atom. The summed E-state index contributed by atoms with van der Waals surface area (Å²) in [6.07, 6.45) is 2.13. The first-order valence-corrected chi connectivity index (χ1v) is 5.43. The highest BCUT2D eigenvalue weighted by atomic mass is 16.5. The largest absolute Gasteiger partial charge is 0.377 e. The molecule has 0 amide bonds. The lowest BCUT2D eigenvalue weighted by Gasteiger charge is -2.09. The minimum absolute atomic E-state index is 0.312. The Bertz CT molecular complexity index is 287. The number of aryl methyl sites for hydroxylation is 1. The van der Waals surface area contributed by atoms with Crippen LogP contribution in [0, 0.1) is 6.92 Å². The molecule has 0 atom stereocenters. The fraction of sp³-hybridized carbons (Fsp3) is 0.583. The van der Waals surface area contributed by atoms with Gasteiger partial charge in [-0.15, -0.1) is 0 Å². The molecule has 0 radical (unpaired) electrons. The van der Waals surface area contributed by atoms with Crippen molar-refractivity contribution < 1.29 is 4.74 Å². The molecule has 1 rings (SSSR count). The van der Waals surface area contributed by atoms with E-state index in [1.54, 1.807) is 0 Å². The molecule has 84 valence electrons. The van der Waals surface area contributed by atoms with Crippen LogP contribution in [-0.2, 0) is 11.3 Å². The number of nitrogens with one attached hydrogen (secondary N) is 1. The molecule has 3 nitrogen and oxygen atoms in total. The van der Waals surface area contributed by atoms with Crippen LogP contribution >= 0.6 is 0 Å². The zero-order chi connectivity index (χ0) is 11.1. The molecule has 1 aromatic rings. The summed E-state index contributed by atoms with van der Waals surface area (Å²) < 4.78 is 5.43. The maximum Gasteiger partial charge on any atom is 0.0594 e. The summed E-state index contributed by atoms with van der Waals surface area (Å²) in [6, 6.07) is 4.06. The SMILES string of the molecule is Cc1ncccc1CNCCOC(C)C. The maximum atomic E-state index is 5.43. The van der Waals surface area contributed by atoms with E-state index in [1.807, 2.05) is 33.0 Å². The minimum atomic E-state index is 0.312. The second-order valence-electron chi connectivity index (χ2n) is 3.84. The standard InChI is InChI=1S/C12H20N2O/c1-10(2)15-8-7-13-9-12-5-4-6-14-11(12)3/h4-6,10,13H,7-9H2,1-3H3. The van der Waals surface area contributed by atoms with E-state index in [4.69, 9.17) is 4.74 Å². The van der Waals surface area contributed by atoms with Crippen molar-refractivity contribution in [1.29, 1.82) is 0 Å². The van der Waals surface area contributed by atoms with E-state index in [1.165, 1.54) is 5.56 Å². The van der Waals surface area contributed by atoms with E-state index >= 15 is 0 Å². The molecule has 1 heterocycles. The third-order valence-electron chi connectivity index (χ3n) is 2.16. The van der Waals surface area contributed by atoms with E-state index in [0.717, 1.165) is 25.4 Å². The van der Waals surface area contributed by atoms with Gasteiger partial charge in [0, 0.05) is 25.0 Å². The molecule has 0 aromatic carbocycles. The molecule has 0 aliphatic carbocycles. The third-order valence-corrected chi connectivity index (χ3v) is 2.16. The second-order valence-corrected chi connectivity index (χ2v) is 3.84. The van der Waals surface area contributed by atoms with Crippen LogP contribution in [0.25, 0.3) is 0 Å². The highest BCUT2D eigenvalue weighted by Gasteiger charge is 1.97. The van der Waals surface area contributed by atoms with Crippen LogP contribution in [-0.4, -0.2) is 24.2 Å². The normalized spacial score (nSPS) is 10.9. The van der Waals surface area contributed by atoms with Crippen molar-refractivity contribution in [3.05, 3.63) is 29.6 Å². The first-order chi connectivity index (χ1) is 7.20. The fourth-order valence-electron chi connectivity index (χ4n) is 1.29. The van der Waals surface area contributed by atoms with Gasteiger partial charge in [0.1, 0.15) is 0 Å². The summed E-state index contributed by atoms with van der Waals surface area (Å²) in [7, 11) is 0. The van der Waals surface area contributed by atoms with Gasteiger partial charge in [-0.25, -0.2) is 0 Å². The molecule has 0 unspecified atom stereocenters. The number of ether oxygens (including phenoxy) is 1. The Morgan fingerprint density at radius 1 is 1.47 bits per heavy atom. The first kappa shape index (κ1) is 12.1. The highest BCUT2D eigenvalue weighted by molar-refractivity contribution is 5.17. The number of hydrogen-bond acceptors (Lipinski definition) is 3. The van der Waals surface area contributed by atoms with Crippen LogP contribution in [0.4, 0.5) is 0 Å². The smallest absolute Gasteiger partial charge is 0.0594 e. The number of rotatable bonds is 6. The van der Waals surface area contributed by atoms with Crippen molar-refractivity contribution in [2.24, 2.45) is 0 Å². The van der Waals surface area contributed by atoms with Crippen LogP contribution in [0.15, 0.2) is 18.3 Å². The Balaban J connectivity index is 2.18. The molecule has 0 saturated carbocycles. The van der Waals surface area contributed by atoms with Crippen molar-refractivity contribution in [3.63, 3.8) is 0 Å². The van der Waals surface area contributed by atoms with E-state index in [9.17, 15) is 0 Å². The Kier molecular flexibility index (Phi) is 5.29. The molecule has 0 saturated heterocycles. The van der Waals surface area contributed by atoms with Gasteiger partial charge in [0.05, 0.1) is 12.7 Å². The molecule has 15 heavy (non-hydrogen) atoms. The molecule has 0 spiro atoms. The van der Waals surface area contributed by atoms with Crippen LogP contribution in [0.2, 0.25) is 0 Å². The average molecular weight is 208 g/mol. The van der Waals surface area contributed by atoms with Gasteiger partial charge in [-0.05, 0) is 32.4 Å². The number of pyridine rings is 1. The van der Waals surface area contributed by atoms with E-state index in [0.29, 0.717) is 6.10 Å². The third kappa shape index (κ3) is 4.91. The molecule has 3 heteroatoms. The van der Waals surface area contributed by atoms with Gasteiger partial charge in [-0.3, -0.25) is 4.98 Å². The zero-order valence-electron chi connectivity index (χ0n) is 9.79. The van der Waals surface area contributed by atoms with Gasteiger partial charge >= 0.3 is 0 Å². The van der Waals surface area contributed by atoms with E-state index in [2.05, 4.69) is 16.4 Å². The van der Waals surface area contributed by atoms with Gasteiger partial charge in [0.2, 0.25) is 0 Å². The molecular weight excluding hydrogens is 188 g/mol. The number of aromatic nitrogens is 1. The number of hydrogen-bond donors (Lipinski definition) is 1. The second kappa shape index (κ2) is 6.53. The topological polar surface area (TPSA) is 34.2 Å². The Morgan fingerprint density at radius 2 is 2.27 bits per heavy atom. The highest BCUT2D eigenvalue weighted by Crippen LogP contribution is 2.02. The molecule has 0 aliphatic rings. The number of nitrogens with zero attached hydrogens (tertiary/aromatic N) is 1. The van der Waals surface area contributed by atoms with Crippen LogP contribution in [0.1, 0.15) is 25.1 Å². The molecule has 0 fully saturated rings. The molecular formula is C12H20N2O. The molecule has 1 aromatic heterocycles. The van der Waals surface area contributed by atoms with Crippen molar-refractivity contribution in [1.82, 2.24) is 10.3 Å². The lowest BCUT2D eigenvalue weighted by Crippen LogP contribution is -2.21. The van der Waals surface area contributed by atoms with E-state index in [-0.39, 0.29) is 0 Å². The predicted octanol–water partition coefficient (Wildman–Crippen LogP) is 1.90. The Hall–Kier alpha value is -0.930. The summed E-state index contributed by atoms with van der Waals surface area (Å²) >= 11 is 0. The summed E-state index contributed by atoms with van der Waals surface area (Å²) in [5.41, 5.74) is 2.34. The quantitative estimate of drug-likeness (QED) is 0.725. The average Bonchev–Trinajstić information content (AvgIpc) is 2.20. The molecule has 1 N–H and O–H groups in total. The lowest BCUT2D eigenvalue weighted by atomic mass is 10.2. The monoisotopic (exact) mass is 208 g/mol. The van der Waals surface area contributed by atoms with E-state index < -0.39 is 0 Å². The molecule has 0 aliphatic heterocycles. The lowest BCUT2D eigenvalue weighted by molar-refractivity contribution is 0.0807. The van der Waals surface area contributed by atoms with Crippen molar-refractivity contribution in [3.8, 4) is 0 Å². The summed E-state index contributed by atoms with van der Waals surface area (Å²) in [5.74, 6) is 0. The van der Waals surface area contributed by atoms with Crippen molar-refractivity contribution >= 4 is 0 Å². The zero-order valence-corrected chi connectivity index (χ0v) is 9.79. The van der Waals surface area contributed by atoms with Crippen LogP contribution in [0.3, 0.4) is 0 Å². The van der Waals surface area contributed by atoms with Crippen LogP contribution < -0.4 is 5.32 Å². The van der Waals surface area contributed by atoms with Crippen LogP contribution in [0.5, 0.6) is 0 Å². The van der Waals surface area contributed by atoms with Gasteiger partial charge < -0.3 is 10.1 Å². The van der Waals surface area contributed by atoms with Gasteiger partial charge in [-0.1, -0.05) is 6.07 Å². The molecule has 0 bridgehead atoms. The summed E-state index contributed by atoms with van der Waals surface area (Å²) in [4.78, 5) is 4.23. The predicted molar refractivity (Wildman–Crippen MR) is 61.8 cm³/mol. The fourth-order valence-corrected chi connectivity index (χ4v) is 1.29. The van der Waals surface area contributed by atoms with Crippen molar-refractivity contribution in [2.75, 3.05) is 13.2 Å². The summed E-state index contributed by atoms with van der Waals surface area (Å²) in [5, 5.41) is 3.33. The van der Waals surface area contributed by atoms with Crippen molar-refractivity contribution in [2.45, 2.75) is 33.4 Å². The maximum absolute atomic E-state index is 5.43. The summed E-state index contributed by atoms with van der Waals surface area (Å²) in [6.45, 7) is 8.63. The Labute approximate surface area is 91.9 Å². The minimum Gasteiger partial charge on any atom is -0.377 e. The van der Waals surface area contributed by atoms with Gasteiger partial charge in [0.15, 0.2) is 0 Å². The van der Waals surface area contributed by atoms with Gasteiger partial charge in [-0.2, -0.15) is 0 Å². The first-order valence-electron chi connectivity index (χ1n) is 5.43.